The molecule has 0 spiro atoms. The summed E-state index contributed by atoms with van der Waals surface area (Å²) in [6.07, 6.45) is 3.17. The number of carboxylic acids is 1. The number of benzene rings is 2. The molecule has 1 aromatic heterocycles. The molecule has 4 rings (SSSR count). The summed E-state index contributed by atoms with van der Waals surface area (Å²) in [5, 5.41) is 19.9. The maximum absolute atomic E-state index is 15.1. The molecule has 1 unspecified atom stereocenters. The summed E-state index contributed by atoms with van der Waals surface area (Å²) >= 11 is 0. The quantitative estimate of drug-likeness (QED) is 0.632. The van der Waals surface area contributed by atoms with Gasteiger partial charge < -0.3 is 10.2 Å². The number of fused-ring (bicyclic) bond motifs is 1. The summed E-state index contributed by atoms with van der Waals surface area (Å²) in [7, 11) is 0. The number of carbonyl (C=O) groups is 2. The third kappa shape index (κ3) is 3.14. The molecular formula is C23H21F2NO4. The average molecular weight is 413 g/mol. The molecule has 0 amide bonds. The number of rotatable bonds is 4. The van der Waals surface area contributed by atoms with Gasteiger partial charge in [-0.15, -0.1) is 0 Å². The molecule has 1 aliphatic carbocycles. The van der Waals surface area contributed by atoms with Crippen LogP contribution in [-0.2, 0) is 4.79 Å². The van der Waals surface area contributed by atoms with Crippen LogP contribution in [-0.4, -0.2) is 26.7 Å². The molecule has 0 radical (unpaired) electrons. The van der Waals surface area contributed by atoms with Gasteiger partial charge in [-0.3, -0.25) is 14.2 Å². The summed E-state index contributed by atoms with van der Waals surface area (Å²) < 4.78 is 30.0. The highest BCUT2D eigenvalue weighted by atomic mass is 19.1. The van der Waals surface area contributed by atoms with E-state index < -0.39 is 35.2 Å². The molecule has 3 aromatic rings. The second-order valence-corrected chi connectivity index (χ2v) is 7.80. The third-order valence-corrected chi connectivity index (χ3v) is 6.06. The minimum absolute atomic E-state index is 0.0581. The number of halogens is 2. The average Bonchev–Trinajstić information content (AvgIpc) is 3.32. The van der Waals surface area contributed by atoms with Gasteiger partial charge in [0.25, 0.3) is 5.91 Å². The second-order valence-electron chi connectivity index (χ2n) is 7.80. The number of hydrogen-bond acceptors (Lipinski definition) is 3. The second kappa shape index (κ2) is 7.55. The minimum atomic E-state index is -1.09. The molecule has 2 aromatic carbocycles. The molecule has 1 heterocycles. The Kier molecular flexibility index (Phi) is 5.05. The van der Waals surface area contributed by atoms with Crippen LogP contribution in [0, 0.1) is 24.5 Å². The molecule has 7 heteroatoms. The van der Waals surface area contributed by atoms with Crippen LogP contribution in [0.4, 0.5) is 8.78 Å². The fourth-order valence-corrected chi connectivity index (χ4v) is 4.72. The number of phenols is 1. The van der Waals surface area contributed by atoms with Gasteiger partial charge in [0.15, 0.2) is 11.6 Å². The Hall–Kier alpha value is -3.22. The van der Waals surface area contributed by atoms with Crippen molar-refractivity contribution >= 4 is 22.8 Å². The molecule has 1 aliphatic rings. The lowest BCUT2D eigenvalue weighted by atomic mass is 9.83. The first-order valence-corrected chi connectivity index (χ1v) is 9.86. The molecule has 156 valence electrons. The van der Waals surface area contributed by atoms with Crippen molar-refractivity contribution in [3.8, 4) is 5.75 Å². The van der Waals surface area contributed by atoms with E-state index in [1.165, 1.54) is 28.8 Å². The van der Waals surface area contributed by atoms with E-state index in [1.54, 1.807) is 6.92 Å². The Morgan fingerprint density at radius 1 is 1.13 bits per heavy atom. The Labute approximate surface area is 171 Å². The smallest absolute Gasteiger partial charge is 0.311 e. The van der Waals surface area contributed by atoms with Gasteiger partial charge in [0.05, 0.1) is 11.4 Å². The number of hydrogen-bond donors (Lipinski definition) is 2. The van der Waals surface area contributed by atoms with E-state index in [1.807, 2.05) is 0 Å². The van der Waals surface area contributed by atoms with Gasteiger partial charge >= 0.3 is 5.97 Å². The van der Waals surface area contributed by atoms with Gasteiger partial charge in [-0.05, 0) is 61.6 Å². The van der Waals surface area contributed by atoms with Crippen molar-refractivity contribution in [1.29, 1.82) is 0 Å². The molecule has 0 aliphatic heterocycles. The van der Waals surface area contributed by atoms with E-state index in [0.29, 0.717) is 12.8 Å². The minimum Gasteiger partial charge on any atom is -0.505 e. The zero-order valence-electron chi connectivity index (χ0n) is 16.4. The molecule has 2 N–H and O–H groups in total. The van der Waals surface area contributed by atoms with Crippen molar-refractivity contribution < 1.29 is 28.6 Å². The van der Waals surface area contributed by atoms with Gasteiger partial charge in [0.1, 0.15) is 5.82 Å². The van der Waals surface area contributed by atoms with E-state index in [0.717, 1.165) is 25.0 Å². The Morgan fingerprint density at radius 2 is 1.83 bits per heavy atom. The van der Waals surface area contributed by atoms with E-state index in [-0.39, 0.29) is 33.6 Å². The van der Waals surface area contributed by atoms with E-state index >= 15 is 4.39 Å². The van der Waals surface area contributed by atoms with Gasteiger partial charge in [0, 0.05) is 16.6 Å². The van der Waals surface area contributed by atoms with Crippen molar-refractivity contribution in [1.82, 2.24) is 4.57 Å². The maximum atomic E-state index is 15.1. The van der Waals surface area contributed by atoms with E-state index in [4.69, 9.17) is 0 Å². The zero-order valence-corrected chi connectivity index (χ0v) is 16.4. The Morgan fingerprint density at radius 3 is 2.47 bits per heavy atom. The first-order valence-electron chi connectivity index (χ1n) is 9.86. The normalized spacial score (nSPS) is 15.6. The highest BCUT2D eigenvalue weighted by molar-refractivity contribution is 6.05. The highest BCUT2D eigenvalue weighted by Crippen LogP contribution is 2.44. The van der Waals surface area contributed by atoms with Gasteiger partial charge in [-0.25, -0.2) is 8.78 Å². The van der Waals surface area contributed by atoms with Crippen molar-refractivity contribution in [2.45, 2.75) is 38.5 Å². The van der Waals surface area contributed by atoms with Crippen LogP contribution in [0.5, 0.6) is 5.75 Å². The first kappa shape index (κ1) is 20.1. The number of carbonyl (C=O) groups excluding carboxylic acids is 1. The fourth-order valence-electron chi connectivity index (χ4n) is 4.72. The number of carboxylic acid groups (broad SMARTS) is 1. The summed E-state index contributed by atoms with van der Waals surface area (Å²) in [5.41, 5.74) is 0.685. The van der Waals surface area contributed by atoms with Crippen LogP contribution >= 0.6 is 0 Å². The Balaban J connectivity index is 2.01. The van der Waals surface area contributed by atoms with E-state index in [9.17, 15) is 24.2 Å². The van der Waals surface area contributed by atoms with Crippen molar-refractivity contribution in [2.24, 2.45) is 5.92 Å². The van der Waals surface area contributed by atoms with Gasteiger partial charge in [-0.1, -0.05) is 18.9 Å². The molecule has 5 nitrogen and oxygen atoms in total. The number of aromatic hydroxyl groups is 1. The number of nitrogens with zero attached hydrogens (tertiary/aromatic N) is 1. The lowest BCUT2D eigenvalue weighted by Crippen LogP contribution is -2.21. The fraction of sp³-hybridized carbons (Fsp3) is 0.304. The predicted molar refractivity (Wildman–Crippen MR) is 107 cm³/mol. The molecule has 30 heavy (non-hydrogen) atoms. The molecular weight excluding hydrogens is 392 g/mol. The van der Waals surface area contributed by atoms with Crippen LogP contribution in [0.1, 0.15) is 53.2 Å². The Bertz CT molecular complexity index is 1160. The molecule has 1 atom stereocenters. The topological polar surface area (TPSA) is 79.5 Å². The standard InChI is InChI=1S/C23H21F2NO4/c1-12-18(19(23(29)30)13-5-2-3-6-13)20-16(9-10-17(27)21(20)25)26(12)22(28)14-7-4-8-15(24)11-14/h4,7-11,13,19,27H,2-3,5-6H2,1H3,(H,29,30). The van der Waals surface area contributed by atoms with Crippen LogP contribution in [0.3, 0.4) is 0 Å². The van der Waals surface area contributed by atoms with Crippen molar-refractivity contribution in [3.05, 3.63) is 64.9 Å². The van der Waals surface area contributed by atoms with Gasteiger partial charge in [-0.2, -0.15) is 0 Å². The highest BCUT2D eigenvalue weighted by Gasteiger charge is 2.37. The number of phenolic OH excluding ortho intramolecular Hbond substituents is 1. The summed E-state index contributed by atoms with van der Waals surface area (Å²) in [6, 6.07) is 7.64. The monoisotopic (exact) mass is 413 g/mol. The zero-order chi connectivity index (χ0) is 21.6. The molecule has 0 bridgehead atoms. The SMILES string of the molecule is Cc1c(C(C(=O)O)C2CCCC2)c2c(F)c(O)ccc2n1C(=O)c1cccc(F)c1. The van der Waals surface area contributed by atoms with Crippen molar-refractivity contribution in [3.63, 3.8) is 0 Å². The number of aromatic nitrogens is 1. The van der Waals surface area contributed by atoms with E-state index in [2.05, 4.69) is 0 Å². The van der Waals surface area contributed by atoms with Crippen LogP contribution < -0.4 is 0 Å². The summed E-state index contributed by atoms with van der Waals surface area (Å²) in [5.74, 6) is -5.04. The van der Waals surface area contributed by atoms with Crippen molar-refractivity contribution in [2.75, 3.05) is 0 Å². The maximum Gasteiger partial charge on any atom is 0.311 e. The largest absolute Gasteiger partial charge is 0.505 e. The first-order chi connectivity index (χ1) is 14.3. The van der Waals surface area contributed by atoms with Crippen LogP contribution in [0.15, 0.2) is 36.4 Å². The number of aliphatic carboxylic acids is 1. The summed E-state index contributed by atoms with van der Waals surface area (Å²) in [6.45, 7) is 1.56. The predicted octanol–water partition coefficient (Wildman–Crippen LogP) is 4.98. The molecule has 1 saturated carbocycles. The molecule has 1 fully saturated rings. The molecule has 0 saturated heterocycles. The van der Waals surface area contributed by atoms with Gasteiger partial charge in [0.2, 0.25) is 0 Å². The third-order valence-electron chi connectivity index (χ3n) is 6.06. The lowest BCUT2D eigenvalue weighted by Gasteiger charge is -2.20. The van der Waals surface area contributed by atoms with Crippen LogP contribution in [0.2, 0.25) is 0 Å². The lowest BCUT2D eigenvalue weighted by molar-refractivity contribution is -0.140. The van der Waals surface area contributed by atoms with Crippen LogP contribution in [0.25, 0.3) is 10.9 Å². The summed E-state index contributed by atoms with van der Waals surface area (Å²) in [4.78, 5) is 25.5.